The van der Waals surface area contributed by atoms with Crippen molar-refractivity contribution in [2.45, 2.75) is 107 Å². The number of carbonyl (C=O) groups is 4. The first kappa shape index (κ1) is 41.4. The average molecular weight is 807 g/mol. The van der Waals surface area contributed by atoms with E-state index in [0.717, 1.165) is 5.56 Å². The van der Waals surface area contributed by atoms with Crippen LogP contribution in [0.25, 0.3) is 0 Å². The van der Waals surface area contributed by atoms with Gasteiger partial charge >= 0.3 is 5.97 Å². The van der Waals surface area contributed by atoms with Gasteiger partial charge in [-0.1, -0.05) is 110 Å². The Morgan fingerprint density at radius 3 is 2.31 bits per heavy atom. The number of likely N-dealkylation sites (tertiary alicyclic amines) is 1. The summed E-state index contributed by atoms with van der Waals surface area (Å²) >= 11 is 3.77. The van der Waals surface area contributed by atoms with E-state index < -0.39 is 65.8 Å². The Morgan fingerprint density at radius 1 is 1.07 bits per heavy atom. The van der Waals surface area contributed by atoms with E-state index in [1.165, 1.54) is 4.90 Å². The Balaban J connectivity index is 1.56. The minimum Gasteiger partial charge on any atom is -0.455 e. The van der Waals surface area contributed by atoms with Gasteiger partial charge in [0.15, 0.2) is 0 Å². The van der Waals surface area contributed by atoms with Crippen molar-refractivity contribution in [2.24, 2.45) is 17.3 Å². The normalized spacial score (nSPS) is 25.8. The van der Waals surface area contributed by atoms with E-state index >= 15 is 9.59 Å². The third-order valence-electron chi connectivity index (χ3n) is 10.9. The monoisotopic (exact) mass is 805 g/mol. The van der Waals surface area contributed by atoms with E-state index in [1.54, 1.807) is 17.1 Å². The minimum absolute atomic E-state index is 0.0295. The number of aliphatic hydroxyl groups is 1. The zero-order valence-electron chi connectivity index (χ0n) is 32.2. The fraction of sp³-hybridized carbons (Fsp3) is 0.535. The van der Waals surface area contributed by atoms with Crippen molar-refractivity contribution in [1.29, 1.82) is 0 Å². The number of aliphatic hydroxyl groups excluding tert-OH is 1. The average Bonchev–Trinajstić information content (AvgIpc) is 3.72. The number of allylic oxidation sites excluding steroid dienone is 1. The van der Waals surface area contributed by atoms with Crippen LogP contribution in [-0.4, -0.2) is 92.4 Å². The van der Waals surface area contributed by atoms with Crippen LogP contribution in [0.2, 0.25) is 0 Å². The topological polar surface area (TPSA) is 125 Å². The molecule has 54 heavy (non-hydrogen) atoms. The van der Waals surface area contributed by atoms with E-state index in [-0.39, 0.29) is 41.6 Å². The summed E-state index contributed by atoms with van der Waals surface area (Å²) in [6, 6.07) is 16.8. The molecule has 0 saturated carbocycles. The number of carbonyl (C=O) groups excluding carboxylic acids is 4. The van der Waals surface area contributed by atoms with Crippen molar-refractivity contribution in [1.82, 2.24) is 15.1 Å². The van der Waals surface area contributed by atoms with E-state index in [1.807, 2.05) is 74.5 Å². The summed E-state index contributed by atoms with van der Waals surface area (Å²) in [5.74, 6) is -3.68. The molecule has 3 saturated heterocycles. The van der Waals surface area contributed by atoms with Crippen molar-refractivity contribution in [3.63, 3.8) is 0 Å². The molecule has 3 fully saturated rings. The number of esters is 1. The summed E-state index contributed by atoms with van der Waals surface area (Å²) in [7, 11) is 0. The fourth-order valence-electron chi connectivity index (χ4n) is 9.09. The molecule has 10 nitrogen and oxygen atoms in total. The number of nitrogens with zero attached hydrogens (tertiary/aromatic N) is 2. The lowest BCUT2D eigenvalue weighted by Crippen LogP contribution is -2.63. The van der Waals surface area contributed by atoms with E-state index in [0.29, 0.717) is 31.2 Å². The minimum atomic E-state index is -1.38. The summed E-state index contributed by atoms with van der Waals surface area (Å²) in [5.41, 5.74) is -0.584. The van der Waals surface area contributed by atoms with Gasteiger partial charge in [-0.15, -0.1) is 13.2 Å². The number of halogens is 1. The molecule has 3 amide bonds. The molecule has 2 aromatic rings. The van der Waals surface area contributed by atoms with Gasteiger partial charge in [-0.05, 0) is 56.1 Å². The summed E-state index contributed by atoms with van der Waals surface area (Å²) in [4.78, 5) is 60.5. The highest BCUT2D eigenvalue weighted by atomic mass is 79.9. The Hall–Kier alpha value is -3.80. The van der Waals surface area contributed by atoms with Gasteiger partial charge in [0.2, 0.25) is 17.7 Å². The largest absolute Gasteiger partial charge is 0.455 e. The van der Waals surface area contributed by atoms with Crippen molar-refractivity contribution >= 4 is 39.6 Å². The first-order valence-electron chi connectivity index (χ1n) is 18.9. The first-order chi connectivity index (χ1) is 25.6. The Labute approximate surface area is 328 Å². The number of nitrogens with one attached hydrogen (secondary N) is 1. The van der Waals surface area contributed by atoms with Gasteiger partial charge in [-0.3, -0.25) is 19.2 Å². The SMILES string of the molecule is C=CCCC(=O)NC[C@H](OC(=O)[C@H]1[C@@H]2O[C@@]3(CC2Br)[C@@H]1C(=O)N([C@@H](CO)Cc1ccccc1)[C@@H]3C(=O)N(CC=C)C(C)(C)CC(C)(C)C)c1ccccc1. The fourth-order valence-corrected chi connectivity index (χ4v) is 10.0. The molecule has 2 N–H and O–H groups in total. The predicted molar refractivity (Wildman–Crippen MR) is 211 cm³/mol. The van der Waals surface area contributed by atoms with Gasteiger partial charge in [0, 0.05) is 23.3 Å². The molecule has 292 valence electrons. The third kappa shape index (κ3) is 8.53. The molecule has 2 aromatic carbocycles. The lowest BCUT2D eigenvalue weighted by atomic mass is 9.70. The maximum Gasteiger partial charge on any atom is 0.313 e. The molecule has 3 heterocycles. The highest BCUT2D eigenvalue weighted by molar-refractivity contribution is 9.09. The van der Waals surface area contributed by atoms with Crippen LogP contribution in [0.1, 0.15) is 77.5 Å². The van der Waals surface area contributed by atoms with Crippen LogP contribution < -0.4 is 5.32 Å². The number of ether oxygens (including phenoxy) is 2. The predicted octanol–water partition coefficient (Wildman–Crippen LogP) is 5.93. The number of amides is 3. The Bertz CT molecular complexity index is 1680. The van der Waals surface area contributed by atoms with Gasteiger partial charge in [0.05, 0.1) is 37.1 Å². The number of benzene rings is 2. The zero-order valence-corrected chi connectivity index (χ0v) is 33.8. The molecule has 0 aromatic heterocycles. The number of fused-ring (bicyclic) bond motifs is 1. The maximum atomic E-state index is 15.3. The summed E-state index contributed by atoms with van der Waals surface area (Å²) in [6.45, 7) is 17.9. The van der Waals surface area contributed by atoms with E-state index in [4.69, 9.17) is 9.47 Å². The Morgan fingerprint density at radius 2 is 1.72 bits per heavy atom. The number of alkyl halides is 1. The molecule has 3 aliphatic rings. The lowest BCUT2D eigenvalue weighted by Gasteiger charge is -2.46. The highest BCUT2D eigenvalue weighted by Gasteiger charge is 2.78. The molecule has 1 unspecified atom stereocenters. The van der Waals surface area contributed by atoms with Crippen LogP contribution in [0, 0.1) is 17.3 Å². The molecule has 3 aliphatic heterocycles. The molecule has 5 rings (SSSR count). The maximum absolute atomic E-state index is 15.3. The lowest BCUT2D eigenvalue weighted by molar-refractivity contribution is -0.161. The summed E-state index contributed by atoms with van der Waals surface area (Å²) in [5, 5.41) is 13.8. The molecule has 2 bridgehead atoms. The van der Waals surface area contributed by atoms with Gasteiger partial charge < -0.3 is 29.7 Å². The molecular formula is C43H56BrN3O7. The quantitative estimate of drug-likeness (QED) is 0.115. The molecule has 8 atom stereocenters. The van der Waals surface area contributed by atoms with Gasteiger partial charge in [-0.25, -0.2) is 0 Å². The van der Waals surface area contributed by atoms with Crippen molar-refractivity contribution < 1.29 is 33.8 Å². The van der Waals surface area contributed by atoms with E-state index in [9.17, 15) is 14.7 Å². The second kappa shape index (κ2) is 16.9. The van der Waals surface area contributed by atoms with Crippen LogP contribution in [0.5, 0.6) is 0 Å². The van der Waals surface area contributed by atoms with Crippen LogP contribution >= 0.6 is 15.9 Å². The van der Waals surface area contributed by atoms with Crippen LogP contribution in [0.3, 0.4) is 0 Å². The van der Waals surface area contributed by atoms with Crippen molar-refractivity contribution in [3.8, 4) is 0 Å². The molecule has 1 spiro atoms. The second-order valence-electron chi connectivity index (χ2n) is 16.7. The van der Waals surface area contributed by atoms with Crippen LogP contribution in [0.15, 0.2) is 86.0 Å². The van der Waals surface area contributed by atoms with Gasteiger partial charge in [0.1, 0.15) is 17.7 Å². The summed E-state index contributed by atoms with van der Waals surface area (Å²) in [6.07, 6.45) is 3.77. The smallest absolute Gasteiger partial charge is 0.313 e. The molecule has 0 aliphatic carbocycles. The molecule has 0 radical (unpaired) electrons. The number of rotatable bonds is 17. The third-order valence-corrected chi connectivity index (χ3v) is 11.8. The number of hydrogen-bond donors (Lipinski definition) is 2. The standard InChI is InChI=1S/C43H56BrN3O7/c1-8-10-21-33(49)45-25-32(29-19-15-12-16-20-29)53-40(52)34-35-38(50)47(30(26-48)23-28-17-13-11-14-18-28)37(43(35)24-31(44)36(34)54-43)39(51)46(22-9-2)42(6,7)27-41(3,4)5/h8-9,11-20,30-32,34-37,48H,1-2,10,21-27H2,3-7H3,(H,45,49)/t30-,31?,32+,34-,35+,36-,37-,43+/m1/s1. The van der Waals surface area contributed by atoms with Crippen molar-refractivity contribution in [2.75, 3.05) is 19.7 Å². The number of hydrogen-bond acceptors (Lipinski definition) is 7. The van der Waals surface area contributed by atoms with Crippen LogP contribution in [0.4, 0.5) is 0 Å². The van der Waals surface area contributed by atoms with E-state index in [2.05, 4.69) is 55.2 Å². The first-order valence-corrected chi connectivity index (χ1v) is 19.8. The molecule has 11 heteroatoms. The molecular weight excluding hydrogens is 750 g/mol. The van der Waals surface area contributed by atoms with Crippen LogP contribution in [-0.2, 0) is 35.1 Å². The zero-order chi connectivity index (χ0) is 39.4. The second-order valence-corrected chi connectivity index (χ2v) is 17.9. The van der Waals surface area contributed by atoms with Gasteiger partial charge in [0.25, 0.3) is 0 Å². The van der Waals surface area contributed by atoms with Gasteiger partial charge in [-0.2, -0.15) is 0 Å². The Kier molecular flexibility index (Phi) is 13.0. The summed E-state index contributed by atoms with van der Waals surface area (Å²) < 4.78 is 13.1. The highest BCUT2D eigenvalue weighted by Crippen LogP contribution is 2.61. The van der Waals surface area contributed by atoms with Crippen molar-refractivity contribution in [3.05, 3.63) is 97.1 Å².